The van der Waals surface area contributed by atoms with Crippen LogP contribution in [0.4, 0.5) is 0 Å². The second-order valence-electron chi connectivity index (χ2n) is 7.80. The van der Waals surface area contributed by atoms with E-state index in [1.165, 1.54) is 22.5 Å². The maximum atomic E-state index is 4.52. The van der Waals surface area contributed by atoms with Crippen molar-refractivity contribution in [3.8, 4) is 11.1 Å². The predicted molar refractivity (Wildman–Crippen MR) is 116 cm³/mol. The molecule has 1 fully saturated rings. The molecule has 0 bridgehead atoms. The number of benzene rings is 1. The van der Waals surface area contributed by atoms with Gasteiger partial charge in [-0.1, -0.05) is 24.3 Å². The Bertz CT molecular complexity index is 933. The van der Waals surface area contributed by atoms with Crippen molar-refractivity contribution in [3.63, 3.8) is 0 Å². The summed E-state index contributed by atoms with van der Waals surface area (Å²) in [4.78, 5) is 6.81. The number of nitrogens with zero attached hydrogens (tertiary/aromatic N) is 5. The van der Waals surface area contributed by atoms with Crippen molar-refractivity contribution in [3.05, 3.63) is 66.0 Å². The molecule has 0 unspecified atom stereocenters. The Balaban J connectivity index is 0.00000205. The Hall–Kier alpha value is -2.28. The number of nitrogens with one attached hydrogen (secondary N) is 1. The molecule has 2 aliphatic rings. The Morgan fingerprint density at radius 3 is 2.69 bits per heavy atom. The molecule has 0 spiro atoms. The zero-order valence-electron chi connectivity index (χ0n) is 16.5. The number of pyridine rings is 1. The lowest BCUT2D eigenvalue weighted by Gasteiger charge is -2.32. The molecular formula is C22H27ClN6. The number of fused-ring (bicyclic) bond motifs is 1. The molecule has 0 saturated carbocycles. The molecule has 1 saturated heterocycles. The monoisotopic (exact) mass is 410 g/mol. The van der Waals surface area contributed by atoms with Gasteiger partial charge < -0.3 is 9.88 Å². The Kier molecular flexibility index (Phi) is 6.23. The SMILES string of the molecule is Cl.c1cncc(-c2cccc(CN3CCC(c4nnc5n4CCNC5)CC3)c2)c1. The summed E-state index contributed by atoms with van der Waals surface area (Å²) in [6.07, 6.45) is 6.07. The highest BCUT2D eigenvalue weighted by Gasteiger charge is 2.27. The van der Waals surface area contributed by atoms with Crippen LogP contribution in [0.3, 0.4) is 0 Å². The van der Waals surface area contributed by atoms with Gasteiger partial charge in [0, 0.05) is 37.9 Å². The van der Waals surface area contributed by atoms with Crippen molar-refractivity contribution in [2.24, 2.45) is 0 Å². The summed E-state index contributed by atoms with van der Waals surface area (Å²) in [5.41, 5.74) is 3.78. The quantitative estimate of drug-likeness (QED) is 0.715. The zero-order chi connectivity index (χ0) is 18.8. The lowest BCUT2D eigenvalue weighted by atomic mass is 9.95. The predicted octanol–water partition coefficient (Wildman–Crippen LogP) is 3.24. The van der Waals surface area contributed by atoms with Gasteiger partial charge in [-0.2, -0.15) is 0 Å². The summed E-state index contributed by atoms with van der Waals surface area (Å²) < 4.78 is 2.34. The summed E-state index contributed by atoms with van der Waals surface area (Å²) in [6, 6.07) is 13.0. The molecule has 0 radical (unpaired) electrons. The minimum absolute atomic E-state index is 0. The van der Waals surface area contributed by atoms with Gasteiger partial charge in [0.2, 0.25) is 0 Å². The Labute approximate surface area is 177 Å². The average Bonchev–Trinajstić information content (AvgIpc) is 3.19. The molecular weight excluding hydrogens is 384 g/mol. The van der Waals surface area contributed by atoms with Crippen LogP contribution in [0.15, 0.2) is 48.8 Å². The normalized spacial score (nSPS) is 17.5. The molecule has 29 heavy (non-hydrogen) atoms. The number of piperidine rings is 1. The van der Waals surface area contributed by atoms with Crippen LogP contribution in [0, 0.1) is 0 Å². The molecule has 152 valence electrons. The second kappa shape index (κ2) is 9.03. The van der Waals surface area contributed by atoms with E-state index in [4.69, 9.17) is 0 Å². The number of rotatable bonds is 4. The fraction of sp³-hybridized carbons (Fsp3) is 0.409. The molecule has 5 rings (SSSR count). The third-order valence-electron chi connectivity index (χ3n) is 5.93. The molecule has 4 heterocycles. The highest BCUT2D eigenvalue weighted by atomic mass is 35.5. The standard InChI is InChI=1S/C22H26N6.ClH/c1-3-17(13-19(4-1)20-5-2-8-23-14-20)16-27-10-6-18(7-11-27)22-26-25-21-15-24-9-12-28(21)22;/h1-5,8,13-14,18,24H,6-7,9-12,15-16H2;1H. The van der Waals surface area contributed by atoms with Crippen LogP contribution in [0.2, 0.25) is 0 Å². The highest BCUT2D eigenvalue weighted by Crippen LogP contribution is 2.29. The topological polar surface area (TPSA) is 58.9 Å². The average molecular weight is 411 g/mol. The van der Waals surface area contributed by atoms with Gasteiger partial charge in [0.1, 0.15) is 11.6 Å². The first-order chi connectivity index (χ1) is 13.9. The van der Waals surface area contributed by atoms with Crippen LogP contribution in [-0.4, -0.2) is 44.3 Å². The van der Waals surface area contributed by atoms with Crippen LogP contribution >= 0.6 is 12.4 Å². The lowest BCUT2D eigenvalue weighted by Crippen LogP contribution is -2.34. The number of halogens is 1. The van der Waals surface area contributed by atoms with Gasteiger partial charge >= 0.3 is 0 Å². The van der Waals surface area contributed by atoms with Gasteiger partial charge in [-0.15, -0.1) is 22.6 Å². The summed E-state index contributed by atoms with van der Waals surface area (Å²) in [6.45, 7) is 6.09. The molecule has 0 amide bonds. The van der Waals surface area contributed by atoms with Gasteiger partial charge in [0.05, 0.1) is 6.54 Å². The van der Waals surface area contributed by atoms with Crippen LogP contribution in [-0.2, 0) is 19.6 Å². The molecule has 6 nitrogen and oxygen atoms in total. The maximum absolute atomic E-state index is 4.52. The van der Waals surface area contributed by atoms with Gasteiger partial charge in [-0.3, -0.25) is 9.88 Å². The van der Waals surface area contributed by atoms with Crippen molar-refractivity contribution < 1.29 is 0 Å². The van der Waals surface area contributed by atoms with Gasteiger partial charge in [-0.25, -0.2) is 0 Å². The van der Waals surface area contributed by atoms with Gasteiger partial charge in [-0.05, 0) is 54.8 Å². The second-order valence-corrected chi connectivity index (χ2v) is 7.80. The number of hydrogen-bond acceptors (Lipinski definition) is 5. The summed E-state index contributed by atoms with van der Waals surface area (Å²) in [5.74, 6) is 2.84. The first kappa shape index (κ1) is 20.0. The van der Waals surface area contributed by atoms with Crippen LogP contribution in [0.5, 0.6) is 0 Å². The lowest BCUT2D eigenvalue weighted by molar-refractivity contribution is 0.199. The van der Waals surface area contributed by atoms with E-state index >= 15 is 0 Å². The maximum Gasteiger partial charge on any atom is 0.147 e. The summed E-state index contributed by atoms with van der Waals surface area (Å²) in [7, 11) is 0. The van der Waals surface area contributed by atoms with Crippen LogP contribution < -0.4 is 5.32 Å². The van der Waals surface area contributed by atoms with Crippen molar-refractivity contribution in [2.45, 2.75) is 38.4 Å². The van der Waals surface area contributed by atoms with E-state index in [2.05, 4.69) is 60.3 Å². The van der Waals surface area contributed by atoms with Gasteiger partial charge in [0.15, 0.2) is 0 Å². The fourth-order valence-corrected chi connectivity index (χ4v) is 4.41. The largest absolute Gasteiger partial charge is 0.312 e. The van der Waals surface area contributed by atoms with Crippen molar-refractivity contribution in [1.82, 2.24) is 30.0 Å². The van der Waals surface area contributed by atoms with Crippen molar-refractivity contribution in [1.29, 1.82) is 0 Å². The van der Waals surface area contributed by atoms with Crippen molar-refractivity contribution >= 4 is 12.4 Å². The third-order valence-corrected chi connectivity index (χ3v) is 5.93. The molecule has 2 aliphatic heterocycles. The molecule has 1 aromatic carbocycles. The molecule has 2 aromatic heterocycles. The summed E-state index contributed by atoms with van der Waals surface area (Å²) >= 11 is 0. The molecule has 3 aromatic rings. The first-order valence-electron chi connectivity index (χ1n) is 10.2. The zero-order valence-corrected chi connectivity index (χ0v) is 17.3. The molecule has 1 N–H and O–H groups in total. The highest BCUT2D eigenvalue weighted by molar-refractivity contribution is 5.85. The van der Waals surface area contributed by atoms with Crippen LogP contribution in [0.1, 0.15) is 36.0 Å². The minimum Gasteiger partial charge on any atom is -0.312 e. The van der Waals surface area contributed by atoms with Gasteiger partial charge in [0.25, 0.3) is 0 Å². The van der Waals surface area contributed by atoms with Crippen LogP contribution in [0.25, 0.3) is 11.1 Å². The van der Waals surface area contributed by atoms with E-state index in [0.717, 1.165) is 57.9 Å². The molecule has 7 heteroatoms. The third kappa shape index (κ3) is 4.34. The molecule has 0 atom stereocenters. The van der Waals surface area contributed by atoms with E-state index in [0.29, 0.717) is 5.92 Å². The molecule has 0 aliphatic carbocycles. The summed E-state index contributed by atoms with van der Waals surface area (Å²) in [5, 5.41) is 12.3. The number of aromatic nitrogens is 4. The smallest absolute Gasteiger partial charge is 0.147 e. The minimum atomic E-state index is 0. The Morgan fingerprint density at radius 1 is 1.00 bits per heavy atom. The van der Waals surface area contributed by atoms with E-state index in [1.807, 2.05) is 18.5 Å². The van der Waals surface area contributed by atoms with E-state index in [9.17, 15) is 0 Å². The Morgan fingerprint density at radius 2 is 1.86 bits per heavy atom. The number of hydrogen-bond donors (Lipinski definition) is 1. The number of likely N-dealkylation sites (tertiary alicyclic amines) is 1. The van der Waals surface area contributed by atoms with E-state index in [1.54, 1.807) is 0 Å². The van der Waals surface area contributed by atoms with Crippen molar-refractivity contribution in [2.75, 3.05) is 19.6 Å². The van der Waals surface area contributed by atoms with E-state index in [-0.39, 0.29) is 12.4 Å². The fourth-order valence-electron chi connectivity index (χ4n) is 4.41. The first-order valence-corrected chi connectivity index (χ1v) is 10.2. The van der Waals surface area contributed by atoms with E-state index < -0.39 is 0 Å².